The predicted molar refractivity (Wildman–Crippen MR) is 72.0 cm³/mol. The van der Waals surface area contributed by atoms with E-state index in [2.05, 4.69) is 30.3 Å². The average molecular weight is 229 g/mol. The van der Waals surface area contributed by atoms with E-state index >= 15 is 0 Å². The molecule has 0 aromatic heterocycles. The topological polar surface area (TPSA) is 46.2 Å². The molecule has 2 aromatic rings. The van der Waals surface area contributed by atoms with Gasteiger partial charge in [0.15, 0.2) is 0 Å². The lowest BCUT2D eigenvalue weighted by atomic mass is 9.89. The third-order valence-corrected chi connectivity index (χ3v) is 3.17. The Bertz CT molecular complexity index is 488. The first-order chi connectivity index (χ1) is 8.22. The molecule has 2 unspecified atom stereocenters. The molecule has 2 nitrogen and oxygen atoms in total. The maximum atomic E-state index is 9.53. The molecule has 0 aliphatic rings. The van der Waals surface area contributed by atoms with Crippen LogP contribution < -0.4 is 5.73 Å². The summed E-state index contributed by atoms with van der Waals surface area (Å²) in [6.45, 7) is 2.38. The van der Waals surface area contributed by atoms with E-state index in [4.69, 9.17) is 5.73 Å². The van der Waals surface area contributed by atoms with Gasteiger partial charge in [-0.1, -0.05) is 42.5 Å². The summed E-state index contributed by atoms with van der Waals surface area (Å²) in [6, 6.07) is 14.6. The molecule has 0 fully saturated rings. The highest BCUT2D eigenvalue weighted by atomic mass is 16.3. The second kappa shape index (κ2) is 5.30. The molecular formula is C15H19NO. The van der Waals surface area contributed by atoms with Gasteiger partial charge in [0.2, 0.25) is 0 Å². The van der Waals surface area contributed by atoms with Crippen molar-refractivity contribution in [2.75, 3.05) is 6.54 Å². The predicted octanol–water partition coefficient (Wildman–Crippen LogP) is 2.65. The SMILES string of the molecule is CC(O)CC(CN)c1cccc2ccccc12. The summed E-state index contributed by atoms with van der Waals surface area (Å²) in [5.41, 5.74) is 7.08. The van der Waals surface area contributed by atoms with Crippen LogP contribution >= 0.6 is 0 Å². The van der Waals surface area contributed by atoms with Gasteiger partial charge in [0, 0.05) is 0 Å². The average Bonchev–Trinajstić information content (AvgIpc) is 2.35. The molecule has 0 aliphatic carbocycles. The van der Waals surface area contributed by atoms with Gasteiger partial charge in [0.25, 0.3) is 0 Å². The lowest BCUT2D eigenvalue weighted by molar-refractivity contribution is 0.175. The summed E-state index contributed by atoms with van der Waals surface area (Å²) in [4.78, 5) is 0. The van der Waals surface area contributed by atoms with Crippen LogP contribution in [0.2, 0.25) is 0 Å². The molecule has 0 heterocycles. The van der Waals surface area contributed by atoms with Gasteiger partial charge < -0.3 is 10.8 Å². The van der Waals surface area contributed by atoms with Gasteiger partial charge in [0.05, 0.1) is 6.10 Å². The molecule has 0 amide bonds. The van der Waals surface area contributed by atoms with Gasteiger partial charge in [-0.3, -0.25) is 0 Å². The van der Waals surface area contributed by atoms with E-state index in [-0.39, 0.29) is 12.0 Å². The first-order valence-corrected chi connectivity index (χ1v) is 6.08. The standard InChI is InChI=1S/C15H19NO/c1-11(17)9-13(10-16)15-8-4-6-12-5-2-3-7-14(12)15/h2-8,11,13,17H,9-10,16H2,1H3. The number of fused-ring (bicyclic) bond motifs is 1. The van der Waals surface area contributed by atoms with E-state index < -0.39 is 0 Å². The van der Waals surface area contributed by atoms with E-state index in [1.165, 1.54) is 16.3 Å². The quantitative estimate of drug-likeness (QED) is 0.846. The molecule has 0 spiro atoms. The van der Waals surface area contributed by atoms with Crippen molar-refractivity contribution < 1.29 is 5.11 Å². The smallest absolute Gasteiger partial charge is 0.0518 e. The van der Waals surface area contributed by atoms with E-state index in [0.717, 1.165) is 0 Å². The molecule has 0 saturated heterocycles. The molecule has 2 rings (SSSR count). The first kappa shape index (κ1) is 12.1. The highest BCUT2D eigenvalue weighted by molar-refractivity contribution is 5.86. The zero-order chi connectivity index (χ0) is 12.3. The summed E-state index contributed by atoms with van der Waals surface area (Å²) in [6.07, 6.45) is 0.396. The van der Waals surface area contributed by atoms with Crippen molar-refractivity contribution in [1.29, 1.82) is 0 Å². The number of benzene rings is 2. The van der Waals surface area contributed by atoms with Gasteiger partial charge in [-0.2, -0.15) is 0 Å². The lowest BCUT2D eigenvalue weighted by Gasteiger charge is -2.19. The monoisotopic (exact) mass is 229 g/mol. The number of aliphatic hydroxyl groups is 1. The molecule has 2 aromatic carbocycles. The fourth-order valence-electron chi connectivity index (χ4n) is 2.37. The van der Waals surface area contributed by atoms with Crippen molar-refractivity contribution in [3.8, 4) is 0 Å². The Morgan fingerprint density at radius 2 is 1.82 bits per heavy atom. The van der Waals surface area contributed by atoms with Crippen LogP contribution in [0.4, 0.5) is 0 Å². The molecule has 90 valence electrons. The van der Waals surface area contributed by atoms with E-state index in [1.807, 2.05) is 19.1 Å². The summed E-state index contributed by atoms with van der Waals surface area (Å²) in [7, 11) is 0. The Morgan fingerprint density at radius 3 is 2.53 bits per heavy atom. The number of hydrogen-bond acceptors (Lipinski definition) is 2. The number of rotatable bonds is 4. The maximum absolute atomic E-state index is 9.53. The van der Waals surface area contributed by atoms with Crippen LogP contribution in [0.25, 0.3) is 10.8 Å². The molecule has 0 saturated carbocycles. The molecule has 0 aliphatic heterocycles. The van der Waals surface area contributed by atoms with Crippen LogP contribution in [0.1, 0.15) is 24.8 Å². The van der Waals surface area contributed by atoms with Gasteiger partial charge in [-0.25, -0.2) is 0 Å². The van der Waals surface area contributed by atoms with E-state index in [9.17, 15) is 5.11 Å². The van der Waals surface area contributed by atoms with Gasteiger partial charge >= 0.3 is 0 Å². The number of aliphatic hydroxyl groups excluding tert-OH is 1. The Kier molecular flexibility index (Phi) is 3.77. The molecule has 0 radical (unpaired) electrons. The molecular weight excluding hydrogens is 210 g/mol. The lowest BCUT2D eigenvalue weighted by Crippen LogP contribution is -2.17. The first-order valence-electron chi connectivity index (χ1n) is 6.08. The van der Waals surface area contributed by atoms with Crippen molar-refractivity contribution in [1.82, 2.24) is 0 Å². The van der Waals surface area contributed by atoms with Gasteiger partial charge in [-0.15, -0.1) is 0 Å². The largest absolute Gasteiger partial charge is 0.393 e. The Balaban J connectivity index is 2.46. The summed E-state index contributed by atoms with van der Waals surface area (Å²) in [5.74, 6) is 0.223. The second-order valence-corrected chi connectivity index (χ2v) is 4.59. The van der Waals surface area contributed by atoms with Crippen LogP contribution in [0.5, 0.6) is 0 Å². The van der Waals surface area contributed by atoms with Crippen LogP contribution in [-0.2, 0) is 0 Å². The third kappa shape index (κ3) is 2.65. The minimum atomic E-state index is -0.317. The van der Waals surface area contributed by atoms with Crippen LogP contribution in [0.15, 0.2) is 42.5 Å². The Morgan fingerprint density at radius 1 is 1.12 bits per heavy atom. The van der Waals surface area contributed by atoms with Crippen molar-refractivity contribution in [2.24, 2.45) is 5.73 Å². The van der Waals surface area contributed by atoms with Crippen molar-refractivity contribution >= 4 is 10.8 Å². The second-order valence-electron chi connectivity index (χ2n) is 4.59. The van der Waals surface area contributed by atoms with E-state index in [0.29, 0.717) is 13.0 Å². The summed E-state index contributed by atoms with van der Waals surface area (Å²) in [5, 5.41) is 12.0. The van der Waals surface area contributed by atoms with E-state index in [1.54, 1.807) is 0 Å². The van der Waals surface area contributed by atoms with Crippen LogP contribution in [0.3, 0.4) is 0 Å². The molecule has 2 heteroatoms. The molecule has 17 heavy (non-hydrogen) atoms. The summed E-state index contributed by atoms with van der Waals surface area (Å²) >= 11 is 0. The number of hydrogen-bond donors (Lipinski definition) is 2. The maximum Gasteiger partial charge on any atom is 0.0518 e. The molecule has 0 bridgehead atoms. The minimum absolute atomic E-state index is 0.223. The Labute approximate surface area is 102 Å². The highest BCUT2D eigenvalue weighted by Crippen LogP contribution is 2.28. The van der Waals surface area contributed by atoms with Gasteiger partial charge in [-0.05, 0) is 42.1 Å². The molecule has 2 atom stereocenters. The zero-order valence-electron chi connectivity index (χ0n) is 10.1. The Hall–Kier alpha value is -1.38. The summed E-state index contributed by atoms with van der Waals surface area (Å²) < 4.78 is 0. The fourth-order valence-corrected chi connectivity index (χ4v) is 2.37. The fraction of sp³-hybridized carbons (Fsp3) is 0.333. The normalized spacial score (nSPS) is 14.8. The van der Waals surface area contributed by atoms with Crippen molar-refractivity contribution in [2.45, 2.75) is 25.4 Å². The minimum Gasteiger partial charge on any atom is -0.393 e. The molecule has 3 N–H and O–H groups in total. The van der Waals surface area contributed by atoms with Crippen LogP contribution in [0, 0.1) is 0 Å². The van der Waals surface area contributed by atoms with Crippen LogP contribution in [-0.4, -0.2) is 17.8 Å². The van der Waals surface area contributed by atoms with Gasteiger partial charge in [0.1, 0.15) is 0 Å². The number of nitrogens with two attached hydrogens (primary N) is 1. The highest BCUT2D eigenvalue weighted by Gasteiger charge is 2.14. The van der Waals surface area contributed by atoms with Crippen molar-refractivity contribution in [3.63, 3.8) is 0 Å². The van der Waals surface area contributed by atoms with Crippen molar-refractivity contribution in [3.05, 3.63) is 48.0 Å². The third-order valence-electron chi connectivity index (χ3n) is 3.17. The zero-order valence-corrected chi connectivity index (χ0v) is 10.1.